The summed E-state index contributed by atoms with van der Waals surface area (Å²) < 4.78 is 18.1. The van der Waals surface area contributed by atoms with Crippen LogP contribution in [0.2, 0.25) is 10.3 Å². The molecule has 1 aromatic carbocycles. The Balaban J connectivity index is 2.52. The molecule has 0 saturated carbocycles. The maximum atomic E-state index is 13.2. The minimum Gasteiger partial charge on any atom is -0.494 e. The van der Waals surface area contributed by atoms with Crippen LogP contribution in [0.15, 0.2) is 24.3 Å². The van der Waals surface area contributed by atoms with Gasteiger partial charge in [0, 0.05) is 11.6 Å². The number of benzene rings is 1. The van der Waals surface area contributed by atoms with Gasteiger partial charge in [0.15, 0.2) is 17.4 Å². The molecule has 0 saturated heterocycles. The van der Waals surface area contributed by atoms with Gasteiger partial charge in [0.05, 0.1) is 7.11 Å². The van der Waals surface area contributed by atoms with Crippen LogP contribution in [0.3, 0.4) is 0 Å². The first-order chi connectivity index (χ1) is 8.10. The molecule has 0 unspecified atom stereocenters. The monoisotopic (exact) mass is 272 g/mol. The topological polar surface area (TPSA) is 35.0 Å². The second-order valence-corrected chi connectivity index (χ2v) is 3.96. The fourth-order valence-electron chi connectivity index (χ4n) is 1.32. The van der Waals surface area contributed by atoms with Crippen LogP contribution in [-0.4, -0.2) is 17.1 Å². The van der Waals surface area contributed by atoms with Crippen molar-refractivity contribution >= 4 is 23.2 Å². The Kier molecular flexibility index (Phi) is 3.45. The highest BCUT2D eigenvalue weighted by Gasteiger charge is 2.09. The van der Waals surface area contributed by atoms with Crippen LogP contribution in [0, 0.1) is 5.82 Å². The molecule has 1 aromatic heterocycles. The summed E-state index contributed by atoms with van der Waals surface area (Å²) in [5.74, 6) is -0.0210. The zero-order valence-corrected chi connectivity index (χ0v) is 10.3. The summed E-state index contributed by atoms with van der Waals surface area (Å²) in [5.41, 5.74) is 0.577. The Hall–Kier alpha value is -1.39. The van der Waals surface area contributed by atoms with Crippen LogP contribution in [-0.2, 0) is 0 Å². The molecule has 0 aliphatic carbocycles. The molecule has 0 aliphatic rings. The zero-order chi connectivity index (χ0) is 12.4. The molecule has 6 heteroatoms. The van der Waals surface area contributed by atoms with Crippen molar-refractivity contribution in [3.63, 3.8) is 0 Å². The third kappa shape index (κ3) is 2.65. The van der Waals surface area contributed by atoms with Crippen LogP contribution in [0.25, 0.3) is 11.4 Å². The number of halogens is 3. The second kappa shape index (κ2) is 4.85. The van der Waals surface area contributed by atoms with E-state index in [1.54, 1.807) is 0 Å². The quantitative estimate of drug-likeness (QED) is 0.784. The first-order valence-corrected chi connectivity index (χ1v) is 5.40. The molecular formula is C11H7Cl2FN2O. The van der Waals surface area contributed by atoms with Gasteiger partial charge >= 0.3 is 0 Å². The summed E-state index contributed by atoms with van der Waals surface area (Å²) in [6.07, 6.45) is 0. The first-order valence-electron chi connectivity index (χ1n) is 4.64. The maximum Gasteiger partial charge on any atom is 0.165 e. The van der Waals surface area contributed by atoms with Gasteiger partial charge in [0.1, 0.15) is 10.3 Å². The molecule has 2 rings (SSSR count). The predicted molar refractivity (Wildman–Crippen MR) is 64.0 cm³/mol. The van der Waals surface area contributed by atoms with Crippen molar-refractivity contribution < 1.29 is 9.13 Å². The van der Waals surface area contributed by atoms with E-state index >= 15 is 0 Å². The lowest BCUT2D eigenvalue weighted by atomic mass is 10.2. The highest BCUT2D eigenvalue weighted by Crippen LogP contribution is 2.25. The van der Waals surface area contributed by atoms with Crippen molar-refractivity contribution in [2.45, 2.75) is 0 Å². The maximum absolute atomic E-state index is 13.2. The molecule has 0 atom stereocenters. The summed E-state index contributed by atoms with van der Waals surface area (Å²) in [6, 6.07) is 5.71. The Morgan fingerprint density at radius 1 is 1.12 bits per heavy atom. The van der Waals surface area contributed by atoms with Gasteiger partial charge in [0.25, 0.3) is 0 Å². The van der Waals surface area contributed by atoms with E-state index in [-0.39, 0.29) is 16.1 Å². The highest BCUT2D eigenvalue weighted by atomic mass is 35.5. The molecule has 0 fully saturated rings. The molecule has 0 spiro atoms. The van der Waals surface area contributed by atoms with Gasteiger partial charge in [-0.15, -0.1) is 0 Å². The third-order valence-electron chi connectivity index (χ3n) is 2.07. The SMILES string of the molecule is COc1cc(-c2nc(Cl)cc(Cl)n2)ccc1F. The smallest absolute Gasteiger partial charge is 0.165 e. The van der Waals surface area contributed by atoms with Crippen molar-refractivity contribution in [1.29, 1.82) is 0 Å². The van der Waals surface area contributed by atoms with Crippen LogP contribution >= 0.6 is 23.2 Å². The lowest BCUT2D eigenvalue weighted by Gasteiger charge is -2.05. The van der Waals surface area contributed by atoms with Gasteiger partial charge in [-0.25, -0.2) is 14.4 Å². The van der Waals surface area contributed by atoms with E-state index in [1.807, 2.05) is 0 Å². The first kappa shape index (κ1) is 12.1. The summed E-state index contributed by atoms with van der Waals surface area (Å²) in [6.45, 7) is 0. The van der Waals surface area contributed by atoms with E-state index in [9.17, 15) is 4.39 Å². The Morgan fingerprint density at radius 2 is 1.76 bits per heavy atom. The van der Waals surface area contributed by atoms with Gasteiger partial charge in [-0.05, 0) is 18.2 Å². The molecule has 0 bridgehead atoms. The van der Waals surface area contributed by atoms with Crippen molar-refractivity contribution in [1.82, 2.24) is 9.97 Å². The molecule has 0 radical (unpaired) electrons. The fraction of sp³-hybridized carbons (Fsp3) is 0.0909. The lowest BCUT2D eigenvalue weighted by Crippen LogP contribution is -1.93. The van der Waals surface area contributed by atoms with Crippen LogP contribution in [0.4, 0.5) is 4.39 Å². The number of methoxy groups -OCH3 is 1. The number of hydrogen-bond acceptors (Lipinski definition) is 3. The van der Waals surface area contributed by atoms with E-state index in [2.05, 4.69) is 9.97 Å². The van der Waals surface area contributed by atoms with E-state index < -0.39 is 5.82 Å². The molecule has 0 aliphatic heterocycles. The average Bonchev–Trinajstić information content (AvgIpc) is 2.28. The Morgan fingerprint density at radius 3 is 2.35 bits per heavy atom. The van der Waals surface area contributed by atoms with Crippen LogP contribution in [0.1, 0.15) is 0 Å². The van der Waals surface area contributed by atoms with Crippen molar-refractivity contribution in [3.05, 3.63) is 40.4 Å². The Bertz CT molecular complexity index is 543. The highest BCUT2D eigenvalue weighted by molar-refractivity contribution is 6.33. The van der Waals surface area contributed by atoms with Gasteiger partial charge in [-0.1, -0.05) is 23.2 Å². The molecule has 88 valence electrons. The minimum absolute atomic E-state index is 0.113. The van der Waals surface area contributed by atoms with Gasteiger partial charge in [-0.2, -0.15) is 0 Å². The standard InChI is InChI=1S/C11H7Cl2FN2O/c1-17-8-4-6(2-3-7(8)14)11-15-9(12)5-10(13)16-11/h2-5H,1H3. The largest absolute Gasteiger partial charge is 0.494 e. The molecule has 2 aromatic rings. The lowest BCUT2D eigenvalue weighted by molar-refractivity contribution is 0.387. The van der Waals surface area contributed by atoms with E-state index in [1.165, 1.54) is 31.4 Å². The van der Waals surface area contributed by atoms with Gasteiger partial charge < -0.3 is 4.74 Å². The molecule has 3 nitrogen and oxygen atoms in total. The number of rotatable bonds is 2. The van der Waals surface area contributed by atoms with Crippen molar-refractivity contribution in [3.8, 4) is 17.1 Å². The van der Waals surface area contributed by atoms with Crippen LogP contribution < -0.4 is 4.74 Å². The number of aromatic nitrogens is 2. The van der Waals surface area contributed by atoms with Crippen molar-refractivity contribution in [2.75, 3.05) is 7.11 Å². The second-order valence-electron chi connectivity index (χ2n) is 3.19. The number of ether oxygens (including phenoxy) is 1. The minimum atomic E-state index is -0.454. The van der Waals surface area contributed by atoms with Gasteiger partial charge in [-0.3, -0.25) is 0 Å². The van der Waals surface area contributed by atoms with Crippen molar-refractivity contribution in [2.24, 2.45) is 0 Å². The summed E-state index contributed by atoms with van der Waals surface area (Å²) in [5, 5.41) is 0.451. The third-order valence-corrected chi connectivity index (χ3v) is 2.46. The Labute approximate surface area is 107 Å². The molecule has 1 heterocycles. The van der Waals surface area contributed by atoms with Crippen LogP contribution in [0.5, 0.6) is 5.75 Å². The molecule has 0 amide bonds. The number of hydrogen-bond donors (Lipinski definition) is 0. The normalized spacial score (nSPS) is 10.4. The average molecular weight is 273 g/mol. The summed E-state index contributed by atoms with van der Waals surface area (Å²) in [4.78, 5) is 8.00. The molecular weight excluding hydrogens is 266 g/mol. The van der Waals surface area contributed by atoms with Gasteiger partial charge in [0.2, 0.25) is 0 Å². The summed E-state index contributed by atoms with van der Waals surface area (Å²) >= 11 is 11.5. The summed E-state index contributed by atoms with van der Waals surface area (Å²) in [7, 11) is 1.38. The number of nitrogens with zero attached hydrogens (tertiary/aromatic N) is 2. The van der Waals surface area contributed by atoms with E-state index in [0.717, 1.165) is 0 Å². The fourth-order valence-corrected chi connectivity index (χ4v) is 1.74. The molecule has 0 N–H and O–H groups in total. The molecule has 17 heavy (non-hydrogen) atoms. The zero-order valence-electron chi connectivity index (χ0n) is 8.75. The van der Waals surface area contributed by atoms with E-state index in [4.69, 9.17) is 27.9 Å². The predicted octanol–water partition coefficient (Wildman–Crippen LogP) is 3.60. The van der Waals surface area contributed by atoms with E-state index in [0.29, 0.717) is 11.4 Å².